The number of anilines is 1. The summed E-state index contributed by atoms with van der Waals surface area (Å²) in [5.41, 5.74) is 0.603. The molecule has 2 aliphatic rings. The van der Waals surface area contributed by atoms with Crippen molar-refractivity contribution in [3.05, 3.63) is 29.8 Å². The van der Waals surface area contributed by atoms with Crippen molar-refractivity contribution < 1.29 is 9.59 Å². The van der Waals surface area contributed by atoms with Gasteiger partial charge in [0.05, 0.1) is 11.3 Å². The van der Waals surface area contributed by atoms with Crippen LogP contribution in [-0.4, -0.2) is 60.5 Å². The first-order valence-corrected chi connectivity index (χ1v) is 9.27. The van der Waals surface area contributed by atoms with Crippen LogP contribution in [0.5, 0.6) is 0 Å². The van der Waals surface area contributed by atoms with E-state index in [-0.39, 0.29) is 18.2 Å². The maximum Gasteiger partial charge on any atom is 0.256 e. The van der Waals surface area contributed by atoms with Crippen molar-refractivity contribution in [2.45, 2.75) is 31.3 Å². The van der Waals surface area contributed by atoms with Gasteiger partial charge in [0.15, 0.2) is 5.66 Å². The van der Waals surface area contributed by atoms with Gasteiger partial charge >= 0.3 is 0 Å². The van der Waals surface area contributed by atoms with Crippen molar-refractivity contribution in [2.75, 3.05) is 38.5 Å². The lowest BCUT2D eigenvalue weighted by molar-refractivity contribution is -0.116. The van der Waals surface area contributed by atoms with Crippen molar-refractivity contribution in [1.82, 2.24) is 9.80 Å². The first-order valence-electron chi connectivity index (χ1n) is 9.27. The van der Waals surface area contributed by atoms with Gasteiger partial charge in [-0.25, -0.2) is 0 Å². The van der Waals surface area contributed by atoms with E-state index in [4.69, 9.17) is 6.42 Å². The molecule has 2 heterocycles. The smallest absolute Gasteiger partial charge is 0.256 e. The minimum absolute atomic E-state index is 0.0447. The number of nitrogens with one attached hydrogen (secondary N) is 1. The van der Waals surface area contributed by atoms with Gasteiger partial charge < -0.3 is 15.1 Å². The maximum atomic E-state index is 12.9. The largest absolute Gasteiger partial charge is 0.336 e. The molecule has 2 aliphatic heterocycles. The third-order valence-corrected chi connectivity index (χ3v) is 5.03. The van der Waals surface area contributed by atoms with Crippen LogP contribution in [0.2, 0.25) is 0 Å². The number of likely N-dealkylation sites (N-methyl/N-ethyl adjacent to an activating group) is 1. The molecule has 0 spiro atoms. The average molecular weight is 367 g/mol. The van der Waals surface area contributed by atoms with E-state index in [1.807, 2.05) is 24.1 Å². The van der Waals surface area contributed by atoms with Crippen molar-refractivity contribution in [3.63, 3.8) is 0 Å². The molecule has 0 bridgehead atoms. The van der Waals surface area contributed by atoms with Crippen LogP contribution >= 0.6 is 0 Å². The number of para-hydroxylation sites is 1. The van der Waals surface area contributed by atoms with Crippen LogP contribution in [-0.2, 0) is 4.79 Å². The molecule has 1 saturated heterocycles. The molecular weight excluding hydrogens is 342 g/mol. The molecule has 1 aromatic rings. The average Bonchev–Trinajstić information content (AvgIpc) is 3.46. The molecule has 0 unspecified atom stereocenters. The van der Waals surface area contributed by atoms with Crippen molar-refractivity contribution >= 4 is 17.5 Å². The lowest BCUT2D eigenvalue weighted by atomic mass is 10.0. The lowest BCUT2D eigenvalue weighted by Gasteiger charge is -2.32. The molecule has 0 saturated carbocycles. The second-order valence-electron chi connectivity index (χ2n) is 7.08. The Labute approximate surface area is 159 Å². The summed E-state index contributed by atoms with van der Waals surface area (Å²) >= 11 is 0. The Morgan fingerprint density at radius 3 is 2.56 bits per heavy atom. The summed E-state index contributed by atoms with van der Waals surface area (Å²) < 4.78 is 0. The van der Waals surface area contributed by atoms with Gasteiger partial charge in [-0.05, 0) is 19.2 Å². The van der Waals surface area contributed by atoms with Crippen LogP contribution in [0.25, 0.3) is 0 Å². The SMILES string of the molecule is C#CCCC1(CCC(=O)Nc2ccccc2C(=O)N2CCN(C)CC2)N=N1. The van der Waals surface area contributed by atoms with Crippen LogP contribution in [0.15, 0.2) is 34.5 Å². The molecule has 7 heteroatoms. The highest BCUT2D eigenvalue weighted by Gasteiger charge is 2.39. The maximum absolute atomic E-state index is 12.9. The van der Waals surface area contributed by atoms with Gasteiger partial charge in [0.2, 0.25) is 5.91 Å². The van der Waals surface area contributed by atoms with Crippen LogP contribution in [0, 0.1) is 12.3 Å². The number of amides is 2. The van der Waals surface area contributed by atoms with Gasteiger partial charge in [0.25, 0.3) is 5.91 Å². The molecule has 3 rings (SSSR count). The van der Waals surface area contributed by atoms with Gasteiger partial charge in [-0.1, -0.05) is 12.1 Å². The Balaban J connectivity index is 1.58. The zero-order chi connectivity index (χ0) is 19.3. The summed E-state index contributed by atoms with van der Waals surface area (Å²) in [4.78, 5) is 29.3. The van der Waals surface area contributed by atoms with Crippen molar-refractivity contribution in [2.24, 2.45) is 10.2 Å². The fourth-order valence-corrected chi connectivity index (χ4v) is 3.15. The highest BCUT2D eigenvalue weighted by molar-refractivity contribution is 6.03. The Morgan fingerprint density at radius 1 is 1.19 bits per heavy atom. The topological polar surface area (TPSA) is 77.4 Å². The van der Waals surface area contributed by atoms with E-state index in [1.165, 1.54) is 0 Å². The van der Waals surface area contributed by atoms with E-state index in [0.29, 0.717) is 43.6 Å². The van der Waals surface area contributed by atoms with E-state index >= 15 is 0 Å². The monoisotopic (exact) mass is 367 g/mol. The summed E-state index contributed by atoms with van der Waals surface area (Å²) in [5, 5.41) is 11.0. The zero-order valence-electron chi connectivity index (χ0n) is 15.6. The predicted molar refractivity (Wildman–Crippen MR) is 103 cm³/mol. The van der Waals surface area contributed by atoms with Gasteiger partial charge in [-0.15, -0.1) is 12.3 Å². The van der Waals surface area contributed by atoms with Crippen LogP contribution in [0.3, 0.4) is 0 Å². The van der Waals surface area contributed by atoms with Crippen LogP contribution in [0.1, 0.15) is 36.0 Å². The number of piperazine rings is 1. The Kier molecular flexibility index (Phi) is 5.87. The first kappa shape index (κ1) is 19.1. The summed E-state index contributed by atoms with van der Waals surface area (Å²) in [6, 6.07) is 7.16. The molecule has 7 nitrogen and oxygen atoms in total. The molecule has 1 fully saturated rings. The Hall–Kier alpha value is -2.72. The molecule has 0 aliphatic carbocycles. The second kappa shape index (κ2) is 8.31. The highest BCUT2D eigenvalue weighted by Crippen LogP contribution is 2.37. The second-order valence-corrected chi connectivity index (χ2v) is 7.08. The summed E-state index contributed by atoms with van der Waals surface area (Å²) in [7, 11) is 2.05. The predicted octanol–water partition coefficient (Wildman–Crippen LogP) is 2.37. The molecule has 142 valence electrons. The van der Waals surface area contributed by atoms with Gasteiger partial charge in [-0.3, -0.25) is 9.59 Å². The molecule has 0 atom stereocenters. The number of hydrogen-bond donors (Lipinski definition) is 1. The molecule has 0 radical (unpaired) electrons. The number of nitrogens with zero attached hydrogens (tertiary/aromatic N) is 4. The van der Waals surface area contributed by atoms with Crippen molar-refractivity contribution in [3.8, 4) is 12.3 Å². The van der Waals surface area contributed by atoms with E-state index in [0.717, 1.165) is 13.1 Å². The van der Waals surface area contributed by atoms with E-state index in [1.54, 1.807) is 12.1 Å². The lowest BCUT2D eigenvalue weighted by Crippen LogP contribution is -2.47. The number of benzene rings is 1. The van der Waals surface area contributed by atoms with Gasteiger partial charge in [0.1, 0.15) is 0 Å². The fraction of sp³-hybridized carbons (Fsp3) is 0.500. The number of carbonyl (C=O) groups is 2. The van der Waals surface area contributed by atoms with Gasteiger partial charge in [-0.2, -0.15) is 10.2 Å². The third kappa shape index (κ3) is 4.92. The Morgan fingerprint density at radius 2 is 1.89 bits per heavy atom. The molecule has 1 N–H and O–H groups in total. The molecular formula is C20H25N5O2. The first-order chi connectivity index (χ1) is 13.0. The summed E-state index contributed by atoms with van der Waals surface area (Å²) in [6.45, 7) is 3.09. The standard InChI is InChI=1S/C20H25N5O2/c1-3-4-10-20(22-23-20)11-9-18(26)21-17-8-6-5-7-16(17)19(27)25-14-12-24(2)13-15-25/h1,5-8H,4,9-15H2,2H3,(H,21,26). The normalized spacial score (nSPS) is 18.0. The minimum Gasteiger partial charge on any atom is -0.336 e. The number of rotatable bonds is 7. The third-order valence-electron chi connectivity index (χ3n) is 5.03. The number of terminal acetylenes is 1. The highest BCUT2D eigenvalue weighted by atomic mass is 16.2. The number of hydrogen-bond acceptors (Lipinski definition) is 5. The van der Waals surface area contributed by atoms with Crippen LogP contribution < -0.4 is 5.32 Å². The summed E-state index contributed by atoms with van der Waals surface area (Å²) in [6.07, 6.45) is 7.38. The van der Waals surface area contributed by atoms with E-state index in [9.17, 15) is 9.59 Å². The minimum atomic E-state index is -0.473. The molecule has 1 aromatic carbocycles. The van der Waals surface area contributed by atoms with E-state index < -0.39 is 5.66 Å². The van der Waals surface area contributed by atoms with Gasteiger partial charge in [0, 0.05) is 51.9 Å². The Bertz CT molecular complexity index is 769. The van der Waals surface area contributed by atoms with Crippen LogP contribution in [0.4, 0.5) is 5.69 Å². The summed E-state index contributed by atoms with van der Waals surface area (Å²) in [5.74, 6) is 2.39. The van der Waals surface area contributed by atoms with E-state index in [2.05, 4.69) is 26.4 Å². The molecule has 2 amide bonds. The zero-order valence-corrected chi connectivity index (χ0v) is 15.6. The fourth-order valence-electron chi connectivity index (χ4n) is 3.15. The molecule has 27 heavy (non-hydrogen) atoms. The molecule has 0 aromatic heterocycles. The number of carbonyl (C=O) groups excluding carboxylic acids is 2. The quantitative estimate of drug-likeness (QED) is 0.752. The van der Waals surface area contributed by atoms with Crippen molar-refractivity contribution in [1.29, 1.82) is 0 Å².